The Kier molecular flexibility index (Phi) is 7.25. The van der Waals surface area contributed by atoms with E-state index in [0.29, 0.717) is 19.6 Å². The highest BCUT2D eigenvalue weighted by Crippen LogP contribution is 2.19. The van der Waals surface area contributed by atoms with E-state index < -0.39 is 24.4 Å². The molecular formula is C12H23NO6. The summed E-state index contributed by atoms with van der Waals surface area (Å²) in [6, 6.07) is -0.551. The highest BCUT2D eigenvalue weighted by atomic mass is 16.5. The van der Waals surface area contributed by atoms with Crippen LogP contribution in [0, 0.1) is 0 Å². The van der Waals surface area contributed by atoms with Crippen LogP contribution in [-0.2, 0) is 9.53 Å². The topological polar surface area (TPSA) is 110 Å². The zero-order chi connectivity index (χ0) is 14.3. The van der Waals surface area contributed by atoms with Gasteiger partial charge in [0.15, 0.2) is 0 Å². The smallest absolute Gasteiger partial charge is 0.293 e. The van der Waals surface area contributed by atoms with Gasteiger partial charge in [0.25, 0.3) is 6.47 Å². The van der Waals surface area contributed by atoms with Gasteiger partial charge >= 0.3 is 0 Å². The monoisotopic (exact) mass is 277 g/mol. The summed E-state index contributed by atoms with van der Waals surface area (Å²) in [7, 11) is 0. The minimum Gasteiger partial charge on any atom is -0.468 e. The second-order valence-electron chi connectivity index (χ2n) is 4.82. The zero-order valence-corrected chi connectivity index (χ0v) is 10.9. The van der Waals surface area contributed by atoms with Crippen LogP contribution in [0.4, 0.5) is 0 Å². The highest BCUT2D eigenvalue weighted by Gasteiger charge is 2.40. The molecule has 1 fully saturated rings. The van der Waals surface area contributed by atoms with Crippen molar-refractivity contribution in [3.63, 3.8) is 0 Å². The molecule has 0 spiro atoms. The summed E-state index contributed by atoms with van der Waals surface area (Å²) >= 11 is 0. The molecule has 1 heterocycles. The van der Waals surface area contributed by atoms with E-state index in [1.54, 1.807) is 4.90 Å². The van der Waals surface area contributed by atoms with Gasteiger partial charge in [-0.1, -0.05) is 0 Å². The fourth-order valence-corrected chi connectivity index (χ4v) is 2.36. The Bertz CT molecular complexity index is 265. The summed E-state index contributed by atoms with van der Waals surface area (Å²) in [6.45, 7) is 1.37. The molecule has 0 radical (unpaired) electrons. The molecule has 7 nitrogen and oxygen atoms in total. The van der Waals surface area contributed by atoms with Crippen LogP contribution in [0.15, 0.2) is 0 Å². The van der Waals surface area contributed by atoms with Gasteiger partial charge in [-0.2, -0.15) is 0 Å². The molecule has 0 amide bonds. The predicted octanol–water partition coefficient (Wildman–Crippen LogP) is -1.91. The number of piperidine rings is 1. The maximum absolute atomic E-state index is 9.93. The van der Waals surface area contributed by atoms with Gasteiger partial charge in [-0.05, 0) is 25.8 Å². The van der Waals surface area contributed by atoms with Gasteiger partial charge in [0.2, 0.25) is 0 Å². The molecule has 112 valence electrons. The van der Waals surface area contributed by atoms with Crippen molar-refractivity contribution in [1.29, 1.82) is 0 Å². The van der Waals surface area contributed by atoms with Crippen LogP contribution in [0.2, 0.25) is 0 Å². The van der Waals surface area contributed by atoms with E-state index >= 15 is 0 Å². The van der Waals surface area contributed by atoms with Crippen LogP contribution < -0.4 is 0 Å². The lowest BCUT2D eigenvalue weighted by molar-refractivity contribution is -0.145. The number of aliphatic hydroxyl groups excluding tert-OH is 4. The van der Waals surface area contributed by atoms with E-state index in [-0.39, 0.29) is 13.2 Å². The number of hydrogen-bond acceptors (Lipinski definition) is 7. The summed E-state index contributed by atoms with van der Waals surface area (Å²) in [4.78, 5) is 11.7. The van der Waals surface area contributed by atoms with E-state index in [0.717, 1.165) is 19.3 Å². The van der Waals surface area contributed by atoms with Crippen molar-refractivity contribution in [2.45, 2.75) is 43.6 Å². The van der Waals surface area contributed by atoms with Crippen LogP contribution in [0.25, 0.3) is 0 Å². The van der Waals surface area contributed by atoms with Gasteiger partial charge in [-0.25, -0.2) is 0 Å². The number of unbranched alkanes of at least 4 members (excludes halogenated alkanes) is 2. The van der Waals surface area contributed by atoms with Gasteiger partial charge in [0, 0.05) is 6.54 Å². The lowest BCUT2D eigenvalue weighted by atomic mass is 9.94. The standard InChI is InChI=1S/C12H23NO6/c14-7-9-11(17)12(18)10(16)6-13(9)4-2-1-3-5-19-8-15/h8-12,14,16-18H,1-7H2/t9-,10+,11-,12-/m1/s1. The first kappa shape index (κ1) is 16.3. The Morgan fingerprint density at radius 3 is 2.53 bits per heavy atom. The molecule has 0 unspecified atom stereocenters. The quantitative estimate of drug-likeness (QED) is 0.303. The largest absolute Gasteiger partial charge is 0.468 e. The first-order valence-corrected chi connectivity index (χ1v) is 6.56. The fourth-order valence-electron chi connectivity index (χ4n) is 2.36. The van der Waals surface area contributed by atoms with E-state index in [1.807, 2.05) is 0 Å². The third-order valence-corrected chi connectivity index (χ3v) is 3.49. The van der Waals surface area contributed by atoms with Crippen molar-refractivity contribution >= 4 is 6.47 Å². The molecule has 0 aromatic heterocycles. The zero-order valence-electron chi connectivity index (χ0n) is 10.9. The van der Waals surface area contributed by atoms with Crippen LogP contribution >= 0.6 is 0 Å². The van der Waals surface area contributed by atoms with Crippen molar-refractivity contribution in [3.05, 3.63) is 0 Å². The summed E-state index contributed by atoms with van der Waals surface area (Å²) in [5.41, 5.74) is 0. The maximum Gasteiger partial charge on any atom is 0.293 e. The molecule has 1 aliphatic heterocycles. The maximum atomic E-state index is 9.93. The lowest BCUT2D eigenvalue weighted by Gasteiger charge is -2.43. The molecule has 19 heavy (non-hydrogen) atoms. The van der Waals surface area contributed by atoms with E-state index in [4.69, 9.17) is 0 Å². The number of hydrogen-bond donors (Lipinski definition) is 4. The van der Waals surface area contributed by atoms with Crippen molar-refractivity contribution < 1.29 is 30.0 Å². The van der Waals surface area contributed by atoms with E-state index in [9.17, 15) is 25.2 Å². The van der Waals surface area contributed by atoms with E-state index in [1.165, 1.54) is 0 Å². The van der Waals surface area contributed by atoms with Crippen LogP contribution in [0.5, 0.6) is 0 Å². The summed E-state index contributed by atoms with van der Waals surface area (Å²) < 4.78 is 4.57. The lowest BCUT2D eigenvalue weighted by Crippen LogP contribution is -2.62. The Hall–Kier alpha value is -0.730. The average molecular weight is 277 g/mol. The highest BCUT2D eigenvalue weighted by molar-refractivity contribution is 5.36. The minimum absolute atomic E-state index is 0.230. The number of β-amino-alcohol motifs (C(OH)–C–C–N with tert-alkyl or cyclic N) is 1. The van der Waals surface area contributed by atoms with Gasteiger partial charge in [0.1, 0.15) is 12.2 Å². The SMILES string of the molecule is O=COCCCCCN1C[C@H](O)[C@@H](O)[C@H](O)[C@H]1CO. The average Bonchev–Trinajstić information content (AvgIpc) is 2.40. The molecule has 4 atom stereocenters. The molecule has 0 saturated carbocycles. The number of nitrogens with zero attached hydrogens (tertiary/aromatic N) is 1. The number of ether oxygens (including phenoxy) is 1. The van der Waals surface area contributed by atoms with Gasteiger partial charge in [-0.15, -0.1) is 0 Å². The molecule has 1 rings (SSSR count). The van der Waals surface area contributed by atoms with Crippen molar-refractivity contribution in [2.24, 2.45) is 0 Å². The third-order valence-electron chi connectivity index (χ3n) is 3.49. The molecule has 0 aromatic rings. The Morgan fingerprint density at radius 1 is 1.16 bits per heavy atom. The summed E-state index contributed by atoms with van der Waals surface area (Å²) in [6.07, 6.45) is -0.965. The molecule has 1 aliphatic rings. The minimum atomic E-state index is -1.21. The van der Waals surface area contributed by atoms with E-state index in [2.05, 4.69) is 4.74 Å². The normalized spacial score (nSPS) is 32.2. The first-order valence-electron chi connectivity index (χ1n) is 6.56. The Morgan fingerprint density at radius 2 is 1.89 bits per heavy atom. The summed E-state index contributed by atoms with van der Waals surface area (Å²) in [5.74, 6) is 0. The van der Waals surface area contributed by atoms with Crippen molar-refractivity contribution in [2.75, 3.05) is 26.3 Å². The molecule has 0 bridgehead atoms. The van der Waals surface area contributed by atoms with Crippen LogP contribution in [-0.4, -0.2) is 82.5 Å². The molecule has 7 heteroatoms. The molecule has 4 N–H and O–H groups in total. The second kappa shape index (κ2) is 8.44. The number of aliphatic hydroxyl groups is 4. The molecular weight excluding hydrogens is 254 g/mol. The Balaban J connectivity index is 2.32. The molecule has 0 aliphatic carbocycles. The third kappa shape index (κ3) is 4.70. The Labute approximate surface area is 112 Å². The van der Waals surface area contributed by atoms with Gasteiger partial charge in [0.05, 0.1) is 25.4 Å². The van der Waals surface area contributed by atoms with Crippen LogP contribution in [0.3, 0.4) is 0 Å². The molecule has 0 aromatic carbocycles. The van der Waals surface area contributed by atoms with Crippen molar-refractivity contribution in [1.82, 2.24) is 4.90 Å². The fraction of sp³-hybridized carbons (Fsp3) is 0.917. The second-order valence-corrected chi connectivity index (χ2v) is 4.82. The number of rotatable bonds is 8. The first-order chi connectivity index (χ1) is 9.11. The number of carbonyl (C=O) groups is 1. The van der Waals surface area contributed by atoms with Crippen molar-refractivity contribution in [3.8, 4) is 0 Å². The number of carbonyl (C=O) groups excluding carboxylic acids is 1. The van der Waals surface area contributed by atoms with Gasteiger partial charge in [-0.3, -0.25) is 9.69 Å². The molecule has 1 saturated heterocycles. The predicted molar refractivity (Wildman–Crippen MR) is 66.3 cm³/mol. The number of likely N-dealkylation sites (tertiary alicyclic amines) is 1. The summed E-state index contributed by atoms with van der Waals surface area (Å²) in [5, 5.41) is 38.2. The van der Waals surface area contributed by atoms with Crippen LogP contribution in [0.1, 0.15) is 19.3 Å². The van der Waals surface area contributed by atoms with Gasteiger partial charge < -0.3 is 25.2 Å².